The van der Waals surface area contributed by atoms with E-state index in [4.69, 9.17) is 5.10 Å². The largest absolute Gasteiger partial charge is 0.416 e. The third-order valence-electron chi connectivity index (χ3n) is 6.30. The van der Waals surface area contributed by atoms with Gasteiger partial charge in [0, 0.05) is 23.7 Å². The highest BCUT2D eigenvalue weighted by molar-refractivity contribution is 5.83. The van der Waals surface area contributed by atoms with Crippen LogP contribution < -0.4 is 10.6 Å². The second-order valence-corrected chi connectivity index (χ2v) is 12.6. The lowest BCUT2D eigenvalue weighted by molar-refractivity contribution is -0.137. The lowest BCUT2D eigenvalue weighted by Gasteiger charge is -2.34. The van der Waals surface area contributed by atoms with Crippen molar-refractivity contribution in [2.75, 3.05) is 0 Å². The van der Waals surface area contributed by atoms with Gasteiger partial charge in [0.1, 0.15) is 0 Å². The minimum absolute atomic E-state index is 0.0466. The summed E-state index contributed by atoms with van der Waals surface area (Å²) in [6.45, 7) is 16.6. The van der Waals surface area contributed by atoms with Crippen molar-refractivity contribution in [3.05, 3.63) is 53.3 Å². The first-order valence-corrected chi connectivity index (χ1v) is 12.2. The van der Waals surface area contributed by atoms with Crippen molar-refractivity contribution in [3.8, 4) is 0 Å². The number of amides is 1. The summed E-state index contributed by atoms with van der Waals surface area (Å²) in [4.78, 5) is 13.3. The van der Waals surface area contributed by atoms with Crippen molar-refractivity contribution in [2.24, 2.45) is 5.41 Å². The maximum absolute atomic E-state index is 13.3. The molecule has 2 N–H and O–H groups in total. The molecule has 194 valence electrons. The van der Waals surface area contributed by atoms with Crippen LogP contribution in [0.1, 0.15) is 97.0 Å². The Morgan fingerprint density at radius 2 is 1.63 bits per heavy atom. The summed E-state index contributed by atoms with van der Waals surface area (Å²) >= 11 is 0. The molecule has 2 aromatic rings. The highest BCUT2D eigenvalue weighted by atomic mass is 19.4. The zero-order valence-electron chi connectivity index (χ0n) is 22.0. The summed E-state index contributed by atoms with van der Waals surface area (Å²) in [5, 5.41) is 11.4. The van der Waals surface area contributed by atoms with Gasteiger partial charge in [0.15, 0.2) is 0 Å². The Kier molecular flexibility index (Phi) is 7.21. The van der Waals surface area contributed by atoms with Crippen molar-refractivity contribution in [2.45, 2.75) is 103 Å². The summed E-state index contributed by atoms with van der Waals surface area (Å²) in [7, 11) is 0. The van der Waals surface area contributed by atoms with Gasteiger partial charge >= 0.3 is 6.18 Å². The van der Waals surface area contributed by atoms with Crippen molar-refractivity contribution >= 4 is 5.91 Å². The van der Waals surface area contributed by atoms with Crippen LogP contribution in [0.4, 0.5) is 13.2 Å². The van der Waals surface area contributed by atoms with Gasteiger partial charge in [0.2, 0.25) is 5.91 Å². The molecule has 1 aromatic heterocycles. The number of carbonyl (C=O) groups excluding carboxylic acids is 1. The van der Waals surface area contributed by atoms with E-state index < -0.39 is 23.3 Å². The Balaban J connectivity index is 1.89. The van der Waals surface area contributed by atoms with Crippen LogP contribution in [0.3, 0.4) is 0 Å². The lowest BCUT2D eigenvalue weighted by Crippen LogP contribution is -2.51. The van der Waals surface area contributed by atoms with Crippen LogP contribution in [0.5, 0.6) is 0 Å². The second kappa shape index (κ2) is 9.26. The number of carbonyl (C=O) groups is 1. The highest BCUT2D eigenvalue weighted by Crippen LogP contribution is 2.41. The van der Waals surface area contributed by atoms with Crippen LogP contribution in [-0.4, -0.2) is 27.3 Å². The quantitative estimate of drug-likeness (QED) is 0.524. The van der Waals surface area contributed by atoms with Gasteiger partial charge in [-0.15, -0.1) is 0 Å². The summed E-state index contributed by atoms with van der Waals surface area (Å²) in [5.74, 6) is -0.259. The second-order valence-electron chi connectivity index (χ2n) is 12.6. The summed E-state index contributed by atoms with van der Waals surface area (Å²) in [6.07, 6.45) is -1.17. The van der Waals surface area contributed by atoms with E-state index in [2.05, 4.69) is 52.2 Å². The molecule has 0 radical (unpaired) electrons. The Morgan fingerprint density at radius 1 is 1.03 bits per heavy atom. The molecular weight excluding hydrogens is 453 g/mol. The molecule has 0 saturated carbocycles. The fourth-order valence-electron chi connectivity index (χ4n) is 5.17. The third-order valence-corrected chi connectivity index (χ3v) is 6.30. The van der Waals surface area contributed by atoms with E-state index in [1.54, 1.807) is 0 Å². The van der Waals surface area contributed by atoms with Gasteiger partial charge in [-0.3, -0.25) is 14.8 Å². The Bertz CT molecular complexity index is 1030. The van der Waals surface area contributed by atoms with E-state index in [-0.39, 0.29) is 28.8 Å². The smallest absolute Gasteiger partial charge is 0.350 e. The first-order valence-electron chi connectivity index (χ1n) is 12.2. The number of alkyl halides is 3. The average Bonchev–Trinajstić information content (AvgIpc) is 3.32. The molecule has 5 nitrogen and oxygen atoms in total. The summed E-state index contributed by atoms with van der Waals surface area (Å²) < 4.78 is 41.2. The predicted molar refractivity (Wildman–Crippen MR) is 132 cm³/mol. The normalized spacial score (nSPS) is 21.9. The molecule has 1 amide bonds. The SMILES string of the molecule is CC(C)(C)CC(C)(C)NC(=O)[C@@H]1CC(c2ccn(C(C)(C)C)n2)[C@H](c2ccc(C(F)(F)F)cc2)N1. The van der Waals surface area contributed by atoms with Crippen LogP contribution in [0.25, 0.3) is 0 Å². The molecule has 1 unspecified atom stereocenters. The zero-order valence-corrected chi connectivity index (χ0v) is 22.0. The summed E-state index contributed by atoms with van der Waals surface area (Å²) in [6, 6.07) is 6.33. The molecule has 3 atom stereocenters. The van der Waals surface area contributed by atoms with Crippen molar-refractivity contribution in [1.82, 2.24) is 20.4 Å². The van der Waals surface area contributed by atoms with Gasteiger partial charge in [0.25, 0.3) is 0 Å². The van der Waals surface area contributed by atoms with Gasteiger partial charge < -0.3 is 5.32 Å². The molecule has 0 spiro atoms. The van der Waals surface area contributed by atoms with E-state index in [1.807, 2.05) is 30.8 Å². The highest BCUT2D eigenvalue weighted by Gasteiger charge is 2.42. The van der Waals surface area contributed by atoms with Gasteiger partial charge in [-0.25, -0.2) is 0 Å². The van der Waals surface area contributed by atoms with Crippen LogP contribution >= 0.6 is 0 Å². The van der Waals surface area contributed by atoms with Crippen LogP contribution in [-0.2, 0) is 16.5 Å². The fraction of sp³-hybridized carbons (Fsp3) is 0.630. The number of nitrogens with zero attached hydrogens (tertiary/aromatic N) is 2. The number of benzene rings is 1. The van der Waals surface area contributed by atoms with Gasteiger partial charge in [-0.1, -0.05) is 32.9 Å². The number of hydrogen-bond acceptors (Lipinski definition) is 3. The van der Waals surface area contributed by atoms with Crippen molar-refractivity contribution in [3.63, 3.8) is 0 Å². The zero-order chi connectivity index (χ0) is 26.4. The molecule has 2 heterocycles. The molecule has 1 aliphatic heterocycles. The summed E-state index contributed by atoms with van der Waals surface area (Å²) in [5.41, 5.74) is 0.282. The Labute approximate surface area is 206 Å². The molecule has 1 aliphatic rings. The number of aromatic nitrogens is 2. The number of nitrogens with one attached hydrogen (secondary N) is 2. The lowest BCUT2D eigenvalue weighted by atomic mass is 9.81. The molecule has 1 fully saturated rings. The molecule has 3 rings (SSSR count). The van der Waals surface area contributed by atoms with E-state index in [1.165, 1.54) is 12.1 Å². The molecule has 1 saturated heterocycles. The van der Waals surface area contributed by atoms with Crippen LogP contribution in [0.15, 0.2) is 36.5 Å². The van der Waals surface area contributed by atoms with Gasteiger partial charge in [0.05, 0.1) is 22.8 Å². The van der Waals surface area contributed by atoms with Gasteiger partial charge in [-0.2, -0.15) is 18.3 Å². The van der Waals surface area contributed by atoms with Crippen LogP contribution in [0.2, 0.25) is 0 Å². The van der Waals surface area contributed by atoms with E-state index in [0.717, 1.165) is 24.2 Å². The molecule has 35 heavy (non-hydrogen) atoms. The number of rotatable bonds is 5. The predicted octanol–water partition coefficient (Wildman–Crippen LogP) is 6.17. The number of halogens is 3. The fourth-order valence-corrected chi connectivity index (χ4v) is 5.17. The maximum atomic E-state index is 13.3. The van der Waals surface area contributed by atoms with E-state index in [0.29, 0.717) is 12.0 Å². The van der Waals surface area contributed by atoms with Gasteiger partial charge in [-0.05, 0) is 76.6 Å². The standard InChI is InChI=1S/C27H39F3N4O/c1-24(2,3)16-26(7,8)32-23(35)21-15-19(20-13-14-34(33-20)25(4,5)6)22(31-21)17-9-11-18(12-10-17)27(28,29)30/h9-14,19,21-22,31H,15-16H2,1-8H3,(H,32,35)/t19?,21-,22-/m0/s1. The minimum Gasteiger partial charge on any atom is -0.350 e. The topological polar surface area (TPSA) is 59.0 Å². The minimum atomic E-state index is -4.40. The first-order chi connectivity index (χ1) is 15.9. The average molecular weight is 493 g/mol. The van der Waals surface area contributed by atoms with E-state index in [9.17, 15) is 18.0 Å². The van der Waals surface area contributed by atoms with Crippen LogP contribution in [0, 0.1) is 5.41 Å². The van der Waals surface area contributed by atoms with Crippen molar-refractivity contribution in [1.29, 1.82) is 0 Å². The Hall–Kier alpha value is -2.35. The third kappa shape index (κ3) is 6.87. The molecule has 0 bridgehead atoms. The molecule has 0 aliphatic carbocycles. The molecule has 8 heteroatoms. The molecular formula is C27H39F3N4O. The van der Waals surface area contributed by atoms with Crippen molar-refractivity contribution < 1.29 is 18.0 Å². The first kappa shape index (κ1) is 27.2. The maximum Gasteiger partial charge on any atom is 0.416 e. The number of hydrogen-bond donors (Lipinski definition) is 2. The monoisotopic (exact) mass is 492 g/mol. The van der Waals surface area contributed by atoms with E-state index >= 15 is 0 Å². The Morgan fingerprint density at radius 3 is 2.11 bits per heavy atom. The molecule has 1 aromatic carbocycles.